The van der Waals surface area contributed by atoms with Crippen molar-refractivity contribution < 1.29 is 14.4 Å². The van der Waals surface area contributed by atoms with Gasteiger partial charge in [-0.15, -0.1) is 0 Å². The van der Waals surface area contributed by atoms with E-state index < -0.39 is 5.92 Å². The highest BCUT2D eigenvalue weighted by atomic mass is 16.2. The average molecular weight is 352 g/mol. The minimum atomic E-state index is -0.448. The van der Waals surface area contributed by atoms with Crippen LogP contribution in [0.2, 0.25) is 0 Å². The molecule has 0 aliphatic carbocycles. The van der Waals surface area contributed by atoms with Gasteiger partial charge < -0.3 is 15.5 Å². The maximum absolute atomic E-state index is 12.3. The summed E-state index contributed by atoms with van der Waals surface area (Å²) >= 11 is 0. The number of nitrogens with zero attached hydrogens (tertiary/aromatic N) is 2. The van der Waals surface area contributed by atoms with E-state index in [4.69, 9.17) is 0 Å². The largest absolute Gasteiger partial charge is 0.350 e. The molecule has 2 heterocycles. The number of rotatable bonds is 6. The van der Waals surface area contributed by atoms with Crippen molar-refractivity contribution in [2.45, 2.75) is 13.0 Å². The molecule has 26 heavy (non-hydrogen) atoms. The lowest BCUT2D eigenvalue weighted by Gasteiger charge is -2.16. The lowest BCUT2D eigenvalue weighted by atomic mass is 10.1. The number of anilines is 1. The van der Waals surface area contributed by atoms with Gasteiger partial charge in [-0.3, -0.25) is 19.4 Å². The number of benzene rings is 1. The monoisotopic (exact) mass is 352 g/mol. The van der Waals surface area contributed by atoms with Gasteiger partial charge in [0.25, 0.3) is 0 Å². The SMILES string of the molecule is O=C(CNC(=O)C1CC(=O)N(c2ccccc2)C1)NCc1ccncc1. The molecular formula is C19H20N4O3. The van der Waals surface area contributed by atoms with Gasteiger partial charge in [0.05, 0.1) is 12.5 Å². The average Bonchev–Trinajstić information content (AvgIpc) is 3.08. The first-order valence-electron chi connectivity index (χ1n) is 8.42. The van der Waals surface area contributed by atoms with E-state index in [0.717, 1.165) is 11.3 Å². The lowest BCUT2D eigenvalue weighted by Crippen LogP contribution is -2.40. The molecule has 0 bridgehead atoms. The Hall–Kier alpha value is -3.22. The summed E-state index contributed by atoms with van der Waals surface area (Å²) in [5.74, 6) is -1.09. The van der Waals surface area contributed by atoms with Crippen molar-refractivity contribution in [3.63, 3.8) is 0 Å². The van der Waals surface area contributed by atoms with Crippen LogP contribution in [0.25, 0.3) is 0 Å². The van der Waals surface area contributed by atoms with Gasteiger partial charge in [-0.05, 0) is 29.8 Å². The molecule has 1 aromatic carbocycles. The first-order valence-corrected chi connectivity index (χ1v) is 8.42. The van der Waals surface area contributed by atoms with E-state index in [0.29, 0.717) is 13.1 Å². The predicted molar refractivity (Wildman–Crippen MR) is 96.0 cm³/mol. The standard InChI is InChI=1S/C19H20N4O3/c24-17(21-11-14-6-8-20-9-7-14)12-22-19(26)15-10-18(25)23(13-15)16-4-2-1-3-5-16/h1-9,15H,10-13H2,(H,21,24)(H,22,26). The zero-order valence-corrected chi connectivity index (χ0v) is 14.2. The Kier molecular flexibility index (Phi) is 5.58. The Morgan fingerprint density at radius 2 is 1.81 bits per heavy atom. The minimum Gasteiger partial charge on any atom is -0.350 e. The molecule has 3 amide bonds. The van der Waals surface area contributed by atoms with E-state index in [1.165, 1.54) is 0 Å². The van der Waals surface area contributed by atoms with E-state index in [1.54, 1.807) is 29.4 Å². The van der Waals surface area contributed by atoms with Crippen molar-refractivity contribution in [1.29, 1.82) is 0 Å². The smallest absolute Gasteiger partial charge is 0.239 e. The molecule has 7 nitrogen and oxygen atoms in total. The lowest BCUT2D eigenvalue weighted by molar-refractivity contribution is -0.129. The quantitative estimate of drug-likeness (QED) is 0.807. The van der Waals surface area contributed by atoms with Gasteiger partial charge in [0, 0.05) is 37.6 Å². The number of nitrogens with one attached hydrogen (secondary N) is 2. The highest BCUT2D eigenvalue weighted by Gasteiger charge is 2.35. The van der Waals surface area contributed by atoms with E-state index in [-0.39, 0.29) is 30.7 Å². The van der Waals surface area contributed by atoms with Crippen LogP contribution >= 0.6 is 0 Å². The molecule has 2 N–H and O–H groups in total. The summed E-state index contributed by atoms with van der Waals surface area (Å²) in [7, 11) is 0. The van der Waals surface area contributed by atoms with Crippen LogP contribution in [0.3, 0.4) is 0 Å². The number of hydrogen-bond acceptors (Lipinski definition) is 4. The van der Waals surface area contributed by atoms with Crippen LogP contribution in [0.4, 0.5) is 5.69 Å². The van der Waals surface area contributed by atoms with E-state index in [1.807, 2.05) is 30.3 Å². The Labute approximate surface area is 151 Å². The van der Waals surface area contributed by atoms with Gasteiger partial charge in [-0.1, -0.05) is 18.2 Å². The molecule has 1 aromatic heterocycles. The van der Waals surface area contributed by atoms with E-state index in [2.05, 4.69) is 15.6 Å². The number of pyridine rings is 1. The zero-order valence-electron chi connectivity index (χ0n) is 14.2. The summed E-state index contributed by atoms with van der Waals surface area (Å²) < 4.78 is 0. The van der Waals surface area contributed by atoms with Gasteiger partial charge >= 0.3 is 0 Å². The number of amides is 3. The van der Waals surface area contributed by atoms with Crippen molar-refractivity contribution in [1.82, 2.24) is 15.6 Å². The summed E-state index contributed by atoms with van der Waals surface area (Å²) in [6.07, 6.45) is 3.46. The van der Waals surface area contributed by atoms with Crippen LogP contribution in [-0.4, -0.2) is 35.8 Å². The Morgan fingerprint density at radius 1 is 1.08 bits per heavy atom. The summed E-state index contributed by atoms with van der Waals surface area (Å²) in [6, 6.07) is 12.9. The minimum absolute atomic E-state index is 0.0847. The van der Waals surface area contributed by atoms with Crippen LogP contribution in [0.15, 0.2) is 54.9 Å². The number of carbonyl (C=O) groups is 3. The zero-order chi connectivity index (χ0) is 18.4. The number of hydrogen-bond donors (Lipinski definition) is 2. The second-order valence-corrected chi connectivity index (χ2v) is 6.09. The summed E-state index contributed by atoms with van der Waals surface area (Å²) in [6.45, 7) is 0.591. The number of para-hydroxylation sites is 1. The van der Waals surface area contributed by atoms with Crippen molar-refractivity contribution in [2.75, 3.05) is 18.0 Å². The molecule has 1 atom stereocenters. The molecule has 0 radical (unpaired) electrons. The molecule has 1 unspecified atom stereocenters. The van der Waals surface area contributed by atoms with Crippen LogP contribution in [0.1, 0.15) is 12.0 Å². The molecule has 1 aliphatic heterocycles. The van der Waals surface area contributed by atoms with Crippen molar-refractivity contribution >= 4 is 23.4 Å². The third kappa shape index (κ3) is 4.44. The molecule has 1 saturated heterocycles. The van der Waals surface area contributed by atoms with Crippen molar-refractivity contribution in [2.24, 2.45) is 5.92 Å². The maximum atomic E-state index is 12.3. The van der Waals surface area contributed by atoms with E-state index in [9.17, 15) is 14.4 Å². The van der Waals surface area contributed by atoms with Gasteiger partial charge in [0.1, 0.15) is 0 Å². The molecule has 0 saturated carbocycles. The number of carbonyl (C=O) groups excluding carboxylic acids is 3. The van der Waals surface area contributed by atoms with Crippen LogP contribution < -0.4 is 15.5 Å². The van der Waals surface area contributed by atoms with Gasteiger partial charge in [0.2, 0.25) is 17.7 Å². The van der Waals surface area contributed by atoms with Crippen LogP contribution in [-0.2, 0) is 20.9 Å². The first kappa shape index (κ1) is 17.6. The normalized spacial score (nSPS) is 16.4. The number of aromatic nitrogens is 1. The van der Waals surface area contributed by atoms with Crippen molar-refractivity contribution in [3.8, 4) is 0 Å². The Morgan fingerprint density at radius 3 is 2.54 bits per heavy atom. The molecule has 0 spiro atoms. The molecular weight excluding hydrogens is 332 g/mol. The molecule has 2 aromatic rings. The fourth-order valence-corrected chi connectivity index (χ4v) is 2.82. The third-order valence-corrected chi connectivity index (χ3v) is 4.23. The fourth-order valence-electron chi connectivity index (χ4n) is 2.82. The second kappa shape index (κ2) is 8.24. The van der Waals surface area contributed by atoms with Crippen molar-refractivity contribution in [3.05, 3.63) is 60.4 Å². The highest BCUT2D eigenvalue weighted by Crippen LogP contribution is 2.24. The van der Waals surface area contributed by atoms with E-state index >= 15 is 0 Å². The summed E-state index contributed by atoms with van der Waals surface area (Å²) in [4.78, 5) is 41.8. The Bertz CT molecular complexity index is 780. The molecule has 1 aliphatic rings. The van der Waals surface area contributed by atoms with Gasteiger partial charge in [-0.25, -0.2) is 0 Å². The highest BCUT2D eigenvalue weighted by molar-refractivity contribution is 6.00. The molecule has 1 fully saturated rings. The summed E-state index contributed by atoms with van der Waals surface area (Å²) in [5.41, 5.74) is 1.71. The predicted octanol–water partition coefficient (Wildman–Crippen LogP) is 0.867. The first-order chi connectivity index (χ1) is 12.6. The Balaban J connectivity index is 1.45. The molecule has 3 rings (SSSR count). The molecule has 7 heteroatoms. The van der Waals surface area contributed by atoms with Crippen LogP contribution in [0.5, 0.6) is 0 Å². The topological polar surface area (TPSA) is 91.4 Å². The van der Waals surface area contributed by atoms with Gasteiger partial charge in [-0.2, -0.15) is 0 Å². The fraction of sp³-hybridized carbons (Fsp3) is 0.263. The third-order valence-electron chi connectivity index (χ3n) is 4.23. The van der Waals surface area contributed by atoms with Gasteiger partial charge in [0.15, 0.2) is 0 Å². The second-order valence-electron chi connectivity index (χ2n) is 6.09. The summed E-state index contributed by atoms with van der Waals surface area (Å²) in [5, 5.41) is 5.34. The molecule has 134 valence electrons. The maximum Gasteiger partial charge on any atom is 0.239 e. The van der Waals surface area contributed by atoms with Crippen LogP contribution in [0, 0.1) is 5.92 Å².